The molecular formula is C6H13N3O. The molecule has 0 heterocycles. The van der Waals surface area contributed by atoms with E-state index in [1.54, 1.807) is 0 Å². The van der Waals surface area contributed by atoms with Crippen LogP contribution < -0.4 is 16.8 Å². The van der Waals surface area contributed by atoms with Crippen LogP contribution in [0.5, 0.6) is 0 Å². The zero-order chi connectivity index (χ0) is 7.98. The number of hydrogen-bond donors (Lipinski definition) is 3. The number of nitrogens with one attached hydrogen (secondary N) is 1. The monoisotopic (exact) mass is 143 g/mol. The van der Waals surface area contributed by atoms with E-state index in [9.17, 15) is 4.79 Å². The van der Waals surface area contributed by atoms with Crippen molar-refractivity contribution >= 4 is 5.91 Å². The molecule has 5 N–H and O–H groups in total. The van der Waals surface area contributed by atoms with Crippen molar-refractivity contribution in [2.75, 3.05) is 13.1 Å². The average molecular weight is 143 g/mol. The lowest BCUT2D eigenvalue weighted by Crippen LogP contribution is -2.44. The van der Waals surface area contributed by atoms with Gasteiger partial charge in [-0.1, -0.05) is 6.58 Å². The summed E-state index contributed by atoms with van der Waals surface area (Å²) < 4.78 is 0. The Morgan fingerprint density at radius 3 is 2.40 bits per heavy atom. The highest BCUT2D eigenvalue weighted by Gasteiger charge is 2.03. The van der Waals surface area contributed by atoms with Crippen LogP contribution in [0, 0.1) is 0 Å². The van der Waals surface area contributed by atoms with E-state index in [-0.39, 0.29) is 11.9 Å². The van der Waals surface area contributed by atoms with Gasteiger partial charge in [0, 0.05) is 13.1 Å². The number of carbonyl (C=O) groups is 1. The van der Waals surface area contributed by atoms with Gasteiger partial charge in [-0.15, -0.1) is 0 Å². The summed E-state index contributed by atoms with van der Waals surface area (Å²) in [6, 6.07) is -0.134. The van der Waals surface area contributed by atoms with Crippen molar-refractivity contribution in [2.24, 2.45) is 11.5 Å². The molecule has 0 aromatic carbocycles. The highest BCUT2D eigenvalue weighted by atomic mass is 16.1. The maximum Gasteiger partial charge on any atom is 0.243 e. The van der Waals surface area contributed by atoms with Crippen LogP contribution in [-0.2, 0) is 4.79 Å². The van der Waals surface area contributed by atoms with Gasteiger partial charge in [-0.25, -0.2) is 0 Å². The van der Waals surface area contributed by atoms with Crippen molar-refractivity contribution in [3.05, 3.63) is 12.7 Å². The predicted octanol–water partition coefficient (Wildman–Crippen LogP) is -1.43. The van der Waals surface area contributed by atoms with Crippen molar-refractivity contribution < 1.29 is 4.79 Å². The topological polar surface area (TPSA) is 81.1 Å². The molecule has 0 atom stereocenters. The van der Waals surface area contributed by atoms with Gasteiger partial charge in [-0.3, -0.25) is 4.79 Å². The molecule has 0 unspecified atom stereocenters. The summed E-state index contributed by atoms with van der Waals surface area (Å²) in [5, 5.41) is 2.56. The van der Waals surface area contributed by atoms with E-state index in [0.717, 1.165) is 0 Å². The minimum atomic E-state index is -0.235. The number of hydrogen-bond acceptors (Lipinski definition) is 3. The Balaban J connectivity index is 3.62. The lowest BCUT2D eigenvalue weighted by atomic mass is 10.3. The van der Waals surface area contributed by atoms with Gasteiger partial charge < -0.3 is 16.8 Å². The van der Waals surface area contributed by atoms with Crippen LogP contribution in [-0.4, -0.2) is 25.0 Å². The molecule has 1 amide bonds. The van der Waals surface area contributed by atoms with Gasteiger partial charge in [-0.05, 0) is 6.08 Å². The van der Waals surface area contributed by atoms with E-state index in [1.165, 1.54) is 6.08 Å². The van der Waals surface area contributed by atoms with Gasteiger partial charge in [0.15, 0.2) is 0 Å². The average Bonchev–Trinajstić information content (AvgIpc) is 1.99. The summed E-state index contributed by atoms with van der Waals surface area (Å²) in [6.07, 6.45) is 1.19. The number of amides is 1. The SMILES string of the molecule is C=CC(=O)NC(CN)CN. The van der Waals surface area contributed by atoms with Gasteiger partial charge >= 0.3 is 0 Å². The lowest BCUT2D eigenvalue weighted by Gasteiger charge is -2.11. The van der Waals surface area contributed by atoms with E-state index in [1.807, 2.05) is 0 Å². The maximum atomic E-state index is 10.6. The van der Waals surface area contributed by atoms with E-state index in [0.29, 0.717) is 13.1 Å². The molecule has 0 aromatic rings. The second-order valence-corrected chi connectivity index (χ2v) is 1.88. The summed E-state index contributed by atoms with van der Waals surface area (Å²) in [7, 11) is 0. The van der Waals surface area contributed by atoms with Crippen LogP contribution in [0.15, 0.2) is 12.7 Å². The second-order valence-electron chi connectivity index (χ2n) is 1.88. The predicted molar refractivity (Wildman–Crippen MR) is 40.2 cm³/mol. The summed E-state index contributed by atoms with van der Waals surface area (Å²) in [4.78, 5) is 10.6. The van der Waals surface area contributed by atoms with Gasteiger partial charge in [0.05, 0.1) is 6.04 Å². The second kappa shape index (κ2) is 4.96. The molecule has 4 heteroatoms. The summed E-state index contributed by atoms with van der Waals surface area (Å²) in [5.41, 5.74) is 10.5. The number of nitrogens with two attached hydrogens (primary N) is 2. The Morgan fingerprint density at radius 2 is 2.10 bits per heavy atom. The van der Waals surface area contributed by atoms with Crippen LogP contribution >= 0.6 is 0 Å². The Morgan fingerprint density at radius 1 is 1.60 bits per heavy atom. The van der Waals surface area contributed by atoms with Gasteiger partial charge in [0.2, 0.25) is 5.91 Å². The first-order valence-electron chi connectivity index (χ1n) is 3.07. The third-order valence-electron chi connectivity index (χ3n) is 1.10. The van der Waals surface area contributed by atoms with Crippen molar-refractivity contribution in [1.29, 1.82) is 0 Å². The Kier molecular flexibility index (Phi) is 4.53. The summed E-state index contributed by atoms with van der Waals surface area (Å²) >= 11 is 0. The molecule has 0 rings (SSSR count). The molecule has 0 aliphatic carbocycles. The summed E-state index contributed by atoms with van der Waals surface area (Å²) in [5.74, 6) is -0.235. The first kappa shape index (κ1) is 9.13. The molecule has 0 bridgehead atoms. The standard InChI is InChI=1S/C6H13N3O/c1-2-6(10)9-5(3-7)4-8/h2,5H,1,3-4,7-8H2,(H,9,10). The molecule has 0 aliphatic rings. The Labute approximate surface area is 60.3 Å². The van der Waals surface area contributed by atoms with Crippen molar-refractivity contribution in [3.8, 4) is 0 Å². The van der Waals surface area contributed by atoms with Gasteiger partial charge in [0.25, 0.3) is 0 Å². The van der Waals surface area contributed by atoms with Gasteiger partial charge in [0.1, 0.15) is 0 Å². The normalized spacial score (nSPS) is 9.50. The Bertz CT molecular complexity index is 120. The molecule has 0 saturated heterocycles. The largest absolute Gasteiger partial charge is 0.347 e. The lowest BCUT2D eigenvalue weighted by molar-refractivity contribution is -0.117. The van der Waals surface area contributed by atoms with Crippen molar-refractivity contribution in [2.45, 2.75) is 6.04 Å². The molecule has 0 saturated carbocycles. The molecule has 4 nitrogen and oxygen atoms in total. The summed E-state index contributed by atoms with van der Waals surface area (Å²) in [6.45, 7) is 4.00. The van der Waals surface area contributed by atoms with E-state index < -0.39 is 0 Å². The quantitative estimate of drug-likeness (QED) is 0.422. The van der Waals surface area contributed by atoms with E-state index in [2.05, 4.69) is 11.9 Å². The molecular weight excluding hydrogens is 130 g/mol. The highest BCUT2D eigenvalue weighted by molar-refractivity contribution is 5.87. The highest BCUT2D eigenvalue weighted by Crippen LogP contribution is 1.75. The molecule has 0 fully saturated rings. The first-order chi connectivity index (χ1) is 4.74. The molecule has 0 aromatic heterocycles. The van der Waals surface area contributed by atoms with Crippen molar-refractivity contribution in [3.63, 3.8) is 0 Å². The molecule has 0 aliphatic heterocycles. The van der Waals surface area contributed by atoms with Crippen molar-refractivity contribution in [1.82, 2.24) is 5.32 Å². The molecule has 10 heavy (non-hydrogen) atoms. The Hall–Kier alpha value is -0.870. The third kappa shape index (κ3) is 3.21. The fourth-order valence-electron chi connectivity index (χ4n) is 0.474. The first-order valence-corrected chi connectivity index (χ1v) is 3.07. The molecule has 58 valence electrons. The zero-order valence-corrected chi connectivity index (χ0v) is 5.84. The molecule has 0 radical (unpaired) electrons. The van der Waals surface area contributed by atoms with Gasteiger partial charge in [-0.2, -0.15) is 0 Å². The minimum Gasteiger partial charge on any atom is -0.347 e. The zero-order valence-electron chi connectivity index (χ0n) is 5.84. The third-order valence-corrected chi connectivity index (χ3v) is 1.10. The minimum absolute atomic E-state index is 0.134. The van der Waals surface area contributed by atoms with E-state index in [4.69, 9.17) is 11.5 Å². The fraction of sp³-hybridized carbons (Fsp3) is 0.500. The van der Waals surface area contributed by atoms with Crippen LogP contribution in [0.25, 0.3) is 0 Å². The number of rotatable bonds is 4. The smallest absolute Gasteiger partial charge is 0.243 e. The fourth-order valence-corrected chi connectivity index (χ4v) is 0.474. The van der Waals surface area contributed by atoms with E-state index >= 15 is 0 Å². The maximum absolute atomic E-state index is 10.6. The molecule has 0 spiro atoms. The van der Waals surface area contributed by atoms with Crippen LogP contribution in [0.1, 0.15) is 0 Å². The van der Waals surface area contributed by atoms with Crippen LogP contribution in [0.4, 0.5) is 0 Å². The number of carbonyl (C=O) groups excluding carboxylic acids is 1. The van der Waals surface area contributed by atoms with Crippen LogP contribution in [0.3, 0.4) is 0 Å². The van der Waals surface area contributed by atoms with Crippen LogP contribution in [0.2, 0.25) is 0 Å².